The number of hydrogen-bond acceptors (Lipinski definition) is 4. The summed E-state index contributed by atoms with van der Waals surface area (Å²) in [6, 6.07) is 5.93. The largest absolute Gasteiger partial charge is 0.444 e. The van der Waals surface area contributed by atoms with E-state index >= 15 is 0 Å². The summed E-state index contributed by atoms with van der Waals surface area (Å²) >= 11 is 0. The Labute approximate surface area is 98.4 Å². The highest BCUT2D eigenvalue weighted by Gasteiger charge is 2.24. The number of carbonyl (C=O) groups excluding carboxylic acids is 1. The van der Waals surface area contributed by atoms with Gasteiger partial charge >= 0.3 is 6.09 Å². The fourth-order valence-electron chi connectivity index (χ4n) is 2.03. The van der Waals surface area contributed by atoms with Crippen molar-refractivity contribution in [3.8, 4) is 5.75 Å². The van der Waals surface area contributed by atoms with Crippen LogP contribution in [0.5, 0.6) is 5.75 Å². The number of hydrogen-bond donors (Lipinski definition) is 2. The van der Waals surface area contributed by atoms with E-state index in [4.69, 9.17) is 9.57 Å². The number of benzene rings is 1. The highest BCUT2D eigenvalue weighted by molar-refractivity contribution is 5.69. The van der Waals surface area contributed by atoms with Crippen molar-refractivity contribution in [1.29, 1.82) is 0 Å². The Balaban J connectivity index is 1.83. The Kier molecular flexibility index (Phi) is 2.36. The maximum Gasteiger partial charge on any atom is 0.407 e. The van der Waals surface area contributed by atoms with E-state index in [1.54, 1.807) is 6.20 Å². The second-order valence-corrected chi connectivity index (χ2v) is 4.00. The lowest BCUT2D eigenvalue weighted by molar-refractivity contribution is 0.139. The summed E-state index contributed by atoms with van der Waals surface area (Å²) in [7, 11) is 0. The average molecular weight is 232 g/mol. The fraction of sp³-hybridized carbons (Fsp3) is 0.250. The Morgan fingerprint density at radius 1 is 1.41 bits per heavy atom. The highest BCUT2D eigenvalue weighted by atomic mass is 16.6. The van der Waals surface area contributed by atoms with Crippen LogP contribution in [0.4, 0.5) is 4.79 Å². The van der Waals surface area contributed by atoms with Crippen molar-refractivity contribution in [2.45, 2.75) is 12.5 Å². The molecule has 1 aromatic rings. The molecule has 1 saturated heterocycles. The molecule has 2 heterocycles. The number of amides is 1. The molecule has 0 radical (unpaired) electrons. The van der Waals surface area contributed by atoms with Crippen LogP contribution >= 0.6 is 0 Å². The summed E-state index contributed by atoms with van der Waals surface area (Å²) in [5.41, 5.74) is 4.77. The van der Waals surface area contributed by atoms with Gasteiger partial charge in [0.1, 0.15) is 6.10 Å². The fourth-order valence-corrected chi connectivity index (χ4v) is 2.03. The zero-order valence-corrected chi connectivity index (χ0v) is 9.10. The van der Waals surface area contributed by atoms with Crippen LogP contribution in [0.25, 0.3) is 6.08 Å². The first-order valence-corrected chi connectivity index (χ1v) is 5.48. The van der Waals surface area contributed by atoms with Crippen LogP contribution in [-0.4, -0.2) is 18.7 Å². The smallest absolute Gasteiger partial charge is 0.407 e. The van der Waals surface area contributed by atoms with Crippen LogP contribution in [0.2, 0.25) is 0 Å². The van der Waals surface area contributed by atoms with Gasteiger partial charge in [0.2, 0.25) is 0 Å². The van der Waals surface area contributed by atoms with E-state index in [-0.39, 0.29) is 12.2 Å². The number of fused-ring (bicyclic) bond motifs is 1. The van der Waals surface area contributed by atoms with Crippen molar-refractivity contribution < 1.29 is 14.4 Å². The first kappa shape index (κ1) is 10.0. The maximum atomic E-state index is 10.9. The van der Waals surface area contributed by atoms with E-state index in [9.17, 15) is 4.79 Å². The number of rotatable bonds is 2. The van der Waals surface area contributed by atoms with Crippen LogP contribution in [-0.2, 0) is 11.2 Å². The van der Waals surface area contributed by atoms with Crippen LogP contribution in [0.1, 0.15) is 11.1 Å². The molecular formula is C12H12N2O3. The van der Waals surface area contributed by atoms with Gasteiger partial charge in [-0.1, -0.05) is 18.2 Å². The zero-order valence-electron chi connectivity index (χ0n) is 9.10. The minimum absolute atomic E-state index is 0.122. The molecule has 1 atom stereocenters. The quantitative estimate of drug-likeness (QED) is 0.804. The summed E-state index contributed by atoms with van der Waals surface area (Å²) in [6.45, 7) is 0.547. The van der Waals surface area contributed by atoms with Crippen molar-refractivity contribution >= 4 is 12.2 Å². The van der Waals surface area contributed by atoms with E-state index in [0.717, 1.165) is 16.9 Å². The average Bonchev–Trinajstić information content (AvgIpc) is 2.75. The lowest BCUT2D eigenvalue weighted by Gasteiger charge is -2.17. The first-order valence-electron chi connectivity index (χ1n) is 5.48. The lowest BCUT2D eigenvalue weighted by Crippen LogP contribution is -2.20. The third kappa shape index (κ3) is 1.91. The molecule has 1 amide bonds. The van der Waals surface area contributed by atoms with Gasteiger partial charge in [0.05, 0.1) is 6.54 Å². The van der Waals surface area contributed by atoms with Crippen LogP contribution in [0.15, 0.2) is 24.4 Å². The second kappa shape index (κ2) is 4.01. The van der Waals surface area contributed by atoms with E-state index < -0.39 is 0 Å². The third-order valence-corrected chi connectivity index (χ3v) is 2.81. The lowest BCUT2D eigenvalue weighted by atomic mass is 10.0. The maximum absolute atomic E-state index is 10.9. The Bertz CT molecular complexity index is 485. The molecule has 5 heteroatoms. The Hall–Kier alpha value is -2.17. The molecule has 0 spiro atoms. The van der Waals surface area contributed by atoms with Gasteiger partial charge in [-0.3, -0.25) is 0 Å². The number of alkyl carbamates (subject to hydrolysis) is 1. The number of carbonyl (C=O) groups is 1. The van der Waals surface area contributed by atoms with Gasteiger partial charge in [0.15, 0.2) is 5.75 Å². The molecule has 2 aliphatic rings. The SMILES string of the molecule is O=C1NC[C@H](Cc2cccc3c2ONC=C3)O1. The number of hydroxylamine groups is 1. The number of cyclic esters (lactones) is 1. The van der Waals surface area contributed by atoms with Gasteiger partial charge in [-0.25, -0.2) is 10.3 Å². The normalized spacial score (nSPS) is 20.9. The predicted octanol–water partition coefficient (Wildman–Crippen LogP) is 1.21. The minimum atomic E-state index is -0.348. The second-order valence-electron chi connectivity index (χ2n) is 4.00. The number of para-hydroxylation sites is 1. The Morgan fingerprint density at radius 3 is 3.18 bits per heavy atom. The molecule has 88 valence electrons. The number of nitrogens with one attached hydrogen (secondary N) is 2. The monoisotopic (exact) mass is 232 g/mol. The molecule has 3 rings (SSSR count). The van der Waals surface area contributed by atoms with E-state index in [2.05, 4.69) is 10.8 Å². The summed E-state index contributed by atoms with van der Waals surface area (Å²) in [5, 5.41) is 2.64. The van der Waals surface area contributed by atoms with Crippen LogP contribution in [0, 0.1) is 0 Å². The molecule has 0 aliphatic carbocycles. The molecule has 0 bridgehead atoms. The number of ether oxygens (including phenoxy) is 1. The molecule has 0 saturated carbocycles. The third-order valence-electron chi connectivity index (χ3n) is 2.81. The molecule has 0 unspecified atom stereocenters. The minimum Gasteiger partial charge on any atom is -0.444 e. The molecular weight excluding hydrogens is 220 g/mol. The summed E-state index contributed by atoms with van der Waals surface area (Å²) in [4.78, 5) is 16.3. The summed E-state index contributed by atoms with van der Waals surface area (Å²) in [5.74, 6) is 0.804. The standard InChI is InChI=1S/C12H12N2O3/c15-12-13-7-10(16-12)6-9-3-1-2-8-4-5-14-17-11(8)9/h1-5,10,14H,6-7H2,(H,13,15)/t10-/m0/s1. The molecule has 5 nitrogen and oxygen atoms in total. The van der Waals surface area contributed by atoms with Gasteiger partial charge in [-0.2, -0.15) is 0 Å². The van der Waals surface area contributed by atoms with E-state index in [0.29, 0.717) is 13.0 Å². The van der Waals surface area contributed by atoms with E-state index in [1.165, 1.54) is 0 Å². The summed E-state index contributed by atoms with van der Waals surface area (Å²) < 4.78 is 5.11. The van der Waals surface area contributed by atoms with Crippen molar-refractivity contribution in [2.24, 2.45) is 0 Å². The summed E-state index contributed by atoms with van der Waals surface area (Å²) in [6.07, 6.45) is 3.87. The first-order chi connectivity index (χ1) is 8.33. The topological polar surface area (TPSA) is 59.6 Å². The molecule has 1 fully saturated rings. The predicted molar refractivity (Wildman–Crippen MR) is 61.2 cm³/mol. The van der Waals surface area contributed by atoms with Gasteiger partial charge in [0.25, 0.3) is 0 Å². The molecule has 17 heavy (non-hydrogen) atoms. The van der Waals surface area contributed by atoms with Crippen molar-refractivity contribution in [1.82, 2.24) is 10.8 Å². The van der Waals surface area contributed by atoms with Crippen molar-refractivity contribution in [2.75, 3.05) is 6.54 Å². The van der Waals surface area contributed by atoms with Gasteiger partial charge in [-0.15, -0.1) is 0 Å². The van der Waals surface area contributed by atoms with Crippen molar-refractivity contribution in [3.05, 3.63) is 35.5 Å². The van der Waals surface area contributed by atoms with Gasteiger partial charge < -0.3 is 14.9 Å². The van der Waals surface area contributed by atoms with E-state index in [1.807, 2.05) is 24.3 Å². The highest BCUT2D eigenvalue weighted by Crippen LogP contribution is 2.28. The molecule has 1 aromatic carbocycles. The molecule has 2 aliphatic heterocycles. The van der Waals surface area contributed by atoms with Crippen LogP contribution in [0.3, 0.4) is 0 Å². The van der Waals surface area contributed by atoms with Gasteiger partial charge in [-0.05, 0) is 6.08 Å². The molecule has 0 aromatic heterocycles. The van der Waals surface area contributed by atoms with Crippen molar-refractivity contribution in [3.63, 3.8) is 0 Å². The van der Waals surface area contributed by atoms with Gasteiger partial charge in [0, 0.05) is 23.7 Å². The van der Waals surface area contributed by atoms with Crippen LogP contribution < -0.4 is 15.6 Å². The Morgan fingerprint density at radius 2 is 2.35 bits per heavy atom. The zero-order chi connectivity index (χ0) is 11.7. The molecule has 2 N–H and O–H groups in total.